The lowest BCUT2D eigenvalue weighted by molar-refractivity contribution is -0.119. The van der Waals surface area contributed by atoms with Crippen LogP contribution in [0.25, 0.3) is 0 Å². The summed E-state index contributed by atoms with van der Waals surface area (Å²) in [5.74, 6) is -0.0139. The Kier molecular flexibility index (Phi) is 6.34. The van der Waals surface area contributed by atoms with E-state index >= 15 is 0 Å². The van der Waals surface area contributed by atoms with Gasteiger partial charge in [-0.05, 0) is 43.5 Å². The third-order valence-electron chi connectivity index (χ3n) is 5.36. The molecule has 0 aliphatic heterocycles. The third-order valence-corrected chi connectivity index (χ3v) is 5.36. The number of nitrogens with one attached hydrogen (secondary N) is 2. The normalized spacial score (nSPS) is 15.1. The number of hydrogen-bond acceptors (Lipinski definition) is 3. The number of rotatable bonds is 6. The molecular formula is C23H29N3O2. The molecule has 0 heterocycles. The third kappa shape index (κ3) is 4.71. The van der Waals surface area contributed by atoms with Crippen molar-refractivity contribution in [2.75, 3.05) is 24.3 Å². The molecule has 0 saturated heterocycles. The summed E-state index contributed by atoms with van der Waals surface area (Å²) in [6.07, 6.45) is 4.12. The molecular weight excluding hydrogens is 350 g/mol. The molecule has 5 heteroatoms. The Morgan fingerprint density at radius 3 is 2.36 bits per heavy atom. The summed E-state index contributed by atoms with van der Waals surface area (Å²) in [7, 11) is 3.81. The van der Waals surface area contributed by atoms with E-state index in [2.05, 4.69) is 10.6 Å². The summed E-state index contributed by atoms with van der Waals surface area (Å²) < 4.78 is 0. The van der Waals surface area contributed by atoms with Crippen LogP contribution in [0.4, 0.5) is 11.4 Å². The number of anilines is 2. The fourth-order valence-electron chi connectivity index (χ4n) is 3.72. The monoisotopic (exact) mass is 379 g/mol. The molecule has 2 aromatic carbocycles. The first-order valence-electron chi connectivity index (χ1n) is 9.93. The van der Waals surface area contributed by atoms with Crippen molar-refractivity contribution in [1.82, 2.24) is 5.32 Å². The maximum Gasteiger partial charge on any atom is 0.253 e. The van der Waals surface area contributed by atoms with Crippen molar-refractivity contribution in [1.29, 1.82) is 0 Å². The van der Waals surface area contributed by atoms with Gasteiger partial charge in [-0.25, -0.2) is 0 Å². The number of carbonyl (C=O) groups is 2. The van der Waals surface area contributed by atoms with Crippen LogP contribution in [0.3, 0.4) is 0 Å². The molecule has 2 aromatic rings. The predicted molar refractivity (Wildman–Crippen MR) is 114 cm³/mol. The van der Waals surface area contributed by atoms with Gasteiger partial charge in [0.2, 0.25) is 5.91 Å². The van der Waals surface area contributed by atoms with E-state index in [0.717, 1.165) is 36.9 Å². The number of carbonyl (C=O) groups excluding carboxylic acids is 2. The number of benzene rings is 2. The van der Waals surface area contributed by atoms with Gasteiger partial charge in [-0.15, -0.1) is 0 Å². The Bertz CT molecular complexity index is 827. The van der Waals surface area contributed by atoms with Crippen LogP contribution in [0, 0.1) is 5.92 Å². The number of nitrogens with zero attached hydrogens (tertiary/aromatic N) is 1. The second-order valence-electron chi connectivity index (χ2n) is 7.70. The lowest BCUT2D eigenvalue weighted by Gasteiger charge is -2.21. The fourth-order valence-corrected chi connectivity index (χ4v) is 3.72. The average Bonchev–Trinajstić information content (AvgIpc) is 3.23. The average molecular weight is 380 g/mol. The minimum Gasteiger partial charge on any atom is -0.377 e. The van der Waals surface area contributed by atoms with Crippen LogP contribution in [-0.2, 0) is 4.79 Å². The second-order valence-corrected chi connectivity index (χ2v) is 7.70. The van der Waals surface area contributed by atoms with Gasteiger partial charge in [-0.3, -0.25) is 9.59 Å². The Morgan fingerprint density at radius 2 is 1.71 bits per heavy atom. The molecule has 0 radical (unpaired) electrons. The molecule has 1 atom stereocenters. The zero-order valence-corrected chi connectivity index (χ0v) is 16.9. The SMILES string of the molecule is CC(NC(=O)c1cc(NC(=O)C2CCCC2)ccc1N(C)C)c1ccccc1. The molecule has 0 spiro atoms. The molecule has 148 valence electrons. The first kappa shape index (κ1) is 19.9. The molecule has 1 aliphatic carbocycles. The van der Waals surface area contributed by atoms with Crippen molar-refractivity contribution in [2.24, 2.45) is 5.92 Å². The molecule has 0 aromatic heterocycles. The molecule has 1 unspecified atom stereocenters. The highest BCUT2D eigenvalue weighted by Gasteiger charge is 2.23. The van der Waals surface area contributed by atoms with E-state index in [4.69, 9.17) is 0 Å². The highest BCUT2D eigenvalue weighted by atomic mass is 16.2. The minimum atomic E-state index is -0.156. The zero-order valence-electron chi connectivity index (χ0n) is 16.9. The van der Waals surface area contributed by atoms with Gasteiger partial charge in [0, 0.05) is 31.4 Å². The molecule has 28 heavy (non-hydrogen) atoms. The smallest absolute Gasteiger partial charge is 0.253 e. The molecule has 2 amide bonds. The minimum absolute atomic E-state index is 0.0547. The van der Waals surface area contributed by atoms with E-state index in [9.17, 15) is 9.59 Å². The maximum absolute atomic E-state index is 13.0. The van der Waals surface area contributed by atoms with Crippen molar-refractivity contribution in [3.63, 3.8) is 0 Å². The highest BCUT2D eigenvalue weighted by molar-refractivity contribution is 6.02. The zero-order chi connectivity index (χ0) is 20.1. The molecule has 2 N–H and O–H groups in total. The van der Waals surface area contributed by atoms with Crippen LogP contribution in [0.2, 0.25) is 0 Å². The second kappa shape index (κ2) is 8.91. The number of amides is 2. The van der Waals surface area contributed by atoms with Crippen molar-refractivity contribution < 1.29 is 9.59 Å². The van der Waals surface area contributed by atoms with Crippen molar-refractivity contribution in [2.45, 2.75) is 38.6 Å². The topological polar surface area (TPSA) is 61.4 Å². The summed E-state index contributed by atoms with van der Waals surface area (Å²) in [4.78, 5) is 27.4. The van der Waals surface area contributed by atoms with Crippen LogP contribution in [-0.4, -0.2) is 25.9 Å². The van der Waals surface area contributed by atoms with E-state index in [1.54, 1.807) is 6.07 Å². The van der Waals surface area contributed by atoms with Gasteiger partial charge in [0.25, 0.3) is 5.91 Å². The van der Waals surface area contributed by atoms with Crippen LogP contribution in [0.5, 0.6) is 0 Å². The van der Waals surface area contributed by atoms with Crippen molar-refractivity contribution in [3.8, 4) is 0 Å². The van der Waals surface area contributed by atoms with Gasteiger partial charge in [0.05, 0.1) is 11.6 Å². The van der Waals surface area contributed by atoms with E-state index in [-0.39, 0.29) is 23.8 Å². The first-order valence-corrected chi connectivity index (χ1v) is 9.93. The molecule has 1 fully saturated rings. The molecule has 1 saturated carbocycles. The molecule has 1 aliphatic rings. The fraction of sp³-hybridized carbons (Fsp3) is 0.391. The quantitative estimate of drug-likeness (QED) is 0.783. The van der Waals surface area contributed by atoms with Gasteiger partial charge in [0.15, 0.2) is 0 Å². The van der Waals surface area contributed by atoms with Crippen LogP contribution < -0.4 is 15.5 Å². The van der Waals surface area contributed by atoms with Gasteiger partial charge in [-0.2, -0.15) is 0 Å². The Labute approximate surface area is 167 Å². The van der Waals surface area contributed by atoms with Crippen LogP contribution in [0.1, 0.15) is 54.6 Å². The first-order chi connectivity index (χ1) is 13.5. The summed E-state index contributed by atoms with van der Waals surface area (Å²) in [6.45, 7) is 1.97. The van der Waals surface area contributed by atoms with Gasteiger partial charge in [0.1, 0.15) is 0 Å². The van der Waals surface area contributed by atoms with E-state index in [0.29, 0.717) is 11.3 Å². The van der Waals surface area contributed by atoms with E-state index < -0.39 is 0 Å². The Balaban J connectivity index is 1.78. The van der Waals surface area contributed by atoms with Crippen molar-refractivity contribution >= 4 is 23.2 Å². The van der Waals surface area contributed by atoms with Crippen LogP contribution in [0.15, 0.2) is 48.5 Å². The largest absolute Gasteiger partial charge is 0.377 e. The molecule has 3 rings (SSSR count). The highest BCUT2D eigenvalue weighted by Crippen LogP contribution is 2.28. The van der Waals surface area contributed by atoms with Crippen molar-refractivity contribution in [3.05, 3.63) is 59.7 Å². The van der Waals surface area contributed by atoms with Crippen LogP contribution >= 0.6 is 0 Å². The standard InChI is InChI=1S/C23H29N3O2/c1-16(17-9-5-4-6-10-17)24-23(28)20-15-19(13-14-21(20)26(2)3)25-22(27)18-11-7-8-12-18/h4-6,9-10,13-16,18H,7-8,11-12H2,1-3H3,(H,24,28)(H,25,27). The van der Waals surface area contributed by atoms with Gasteiger partial charge in [-0.1, -0.05) is 43.2 Å². The molecule has 5 nitrogen and oxygen atoms in total. The maximum atomic E-state index is 13.0. The Morgan fingerprint density at radius 1 is 1.04 bits per heavy atom. The lowest BCUT2D eigenvalue weighted by atomic mass is 10.1. The number of hydrogen-bond donors (Lipinski definition) is 2. The summed E-state index contributed by atoms with van der Waals surface area (Å²) in [5.41, 5.74) is 3.08. The summed E-state index contributed by atoms with van der Waals surface area (Å²) >= 11 is 0. The van der Waals surface area contributed by atoms with E-state index in [1.165, 1.54) is 0 Å². The molecule has 0 bridgehead atoms. The van der Waals surface area contributed by atoms with Gasteiger partial charge < -0.3 is 15.5 Å². The Hall–Kier alpha value is -2.82. The predicted octanol–water partition coefficient (Wildman–Crippen LogP) is 4.37. The summed E-state index contributed by atoms with van der Waals surface area (Å²) in [5, 5.41) is 6.06. The van der Waals surface area contributed by atoms with E-state index in [1.807, 2.05) is 68.4 Å². The lowest BCUT2D eigenvalue weighted by Crippen LogP contribution is -2.28. The van der Waals surface area contributed by atoms with Gasteiger partial charge >= 0.3 is 0 Å². The summed E-state index contributed by atoms with van der Waals surface area (Å²) in [6, 6.07) is 15.3.